The van der Waals surface area contributed by atoms with Crippen molar-refractivity contribution in [2.24, 2.45) is 23.2 Å². The average molecular weight is 294 g/mol. The third kappa shape index (κ3) is 1.99. The van der Waals surface area contributed by atoms with Crippen LogP contribution in [-0.2, 0) is 14.3 Å². The van der Waals surface area contributed by atoms with Gasteiger partial charge in [-0.25, -0.2) is 0 Å². The van der Waals surface area contributed by atoms with Gasteiger partial charge in [-0.2, -0.15) is 0 Å². The van der Waals surface area contributed by atoms with E-state index in [-0.39, 0.29) is 11.9 Å². The molecule has 20 heavy (non-hydrogen) atoms. The summed E-state index contributed by atoms with van der Waals surface area (Å²) in [6.07, 6.45) is 4.48. The molecule has 3 nitrogen and oxygen atoms in total. The van der Waals surface area contributed by atoms with E-state index in [1.807, 2.05) is 0 Å². The molecular formula is C16H26O3Si. The standard InChI is InChI=1S/C16H26O3Si/c1-20(2,3)10-11-12-6-5-9-19-15(18)16(12)8-4-7-13(17)14(11)16/h11-12,14H,4-10H2,1-3H3/t11-,12-,14+,16-/m1/s1. The molecule has 0 aromatic rings. The fourth-order valence-corrected chi connectivity index (χ4v) is 7.04. The van der Waals surface area contributed by atoms with Gasteiger partial charge in [-0.15, -0.1) is 0 Å². The minimum atomic E-state index is -1.22. The summed E-state index contributed by atoms with van der Waals surface area (Å²) >= 11 is 0. The number of hydrogen-bond acceptors (Lipinski definition) is 3. The van der Waals surface area contributed by atoms with Gasteiger partial charge < -0.3 is 4.74 Å². The first-order valence-electron chi connectivity index (χ1n) is 8.06. The van der Waals surface area contributed by atoms with Crippen molar-refractivity contribution < 1.29 is 14.3 Å². The van der Waals surface area contributed by atoms with Crippen LogP contribution in [-0.4, -0.2) is 26.4 Å². The minimum absolute atomic E-state index is 0.0152. The first-order chi connectivity index (χ1) is 9.36. The van der Waals surface area contributed by atoms with Gasteiger partial charge in [0.1, 0.15) is 5.78 Å². The molecule has 1 saturated heterocycles. The maximum absolute atomic E-state index is 12.5. The second kappa shape index (κ2) is 4.69. The van der Waals surface area contributed by atoms with Crippen LogP contribution >= 0.6 is 0 Å². The zero-order valence-corrected chi connectivity index (χ0v) is 13.9. The SMILES string of the molecule is C[Si](C)(C)C[C@@H]1[C@H]2CCCOC(=O)[C@]23CCCC(=O)[C@H]13. The topological polar surface area (TPSA) is 43.4 Å². The molecule has 0 bridgehead atoms. The zero-order valence-electron chi connectivity index (χ0n) is 12.9. The number of rotatable bonds is 2. The maximum Gasteiger partial charge on any atom is 0.313 e. The number of carbonyl (C=O) groups is 2. The molecule has 3 aliphatic rings. The van der Waals surface area contributed by atoms with E-state index in [1.165, 1.54) is 6.04 Å². The summed E-state index contributed by atoms with van der Waals surface area (Å²) in [5.41, 5.74) is -0.420. The summed E-state index contributed by atoms with van der Waals surface area (Å²) in [4.78, 5) is 25.0. The van der Waals surface area contributed by atoms with Crippen molar-refractivity contribution in [1.29, 1.82) is 0 Å². The number of esters is 1. The monoisotopic (exact) mass is 294 g/mol. The fraction of sp³-hybridized carbons (Fsp3) is 0.875. The predicted molar refractivity (Wildman–Crippen MR) is 80.1 cm³/mol. The van der Waals surface area contributed by atoms with Crippen LogP contribution in [0.15, 0.2) is 0 Å². The van der Waals surface area contributed by atoms with Crippen molar-refractivity contribution in [3.63, 3.8) is 0 Å². The summed E-state index contributed by atoms with van der Waals surface area (Å²) in [6.45, 7) is 7.66. The van der Waals surface area contributed by atoms with Crippen LogP contribution in [0.1, 0.15) is 32.1 Å². The Kier molecular flexibility index (Phi) is 3.35. The van der Waals surface area contributed by atoms with Gasteiger partial charge in [-0.3, -0.25) is 9.59 Å². The second-order valence-corrected chi connectivity index (χ2v) is 13.7. The summed E-state index contributed by atoms with van der Waals surface area (Å²) < 4.78 is 5.44. The lowest BCUT2D eigenvalue weighted by Crippen LogP contribution is -2.65. The van der Waals surface area contributed by atoms with Gasteiger partial charge in [0.2, 0.25) is 0 Å². The van der Waals surface area contributed by atoms with Crippen LogP contribution in [0.5, 0.6) is 0 Å². The molecule has 2 saturated carbocycles. The van der Waals surface area contributed by atoms with Gasteiger partial charge in [-0.05, 0) is 37.5 Å². The summed E-state index contributed by atoms with van der Waals surface area (Å²) in [5, 5.41) is 0. The van der Waals surface area contributed by atoms with Gasteiger partial charge in [0.25, 0.3) is 0 Å². The van der Waals surface area contributed by atoms with E-state index in [2.05, 4.69) is 19.6 Å². The zero-order chi connectivity index (χ0) is 14.5. The van der Waals surface area contributed by atoms with E-state index in [0.29, 0.717) is 30.6 Å². The number of carbonyl (C=O) groups excluding carboxylic acids is 2. The molecule has 112 valence electrons. The molecule has 0 amide bonds. The Balaban J connectivity index is 1.94. The van der Waals surface area contributed by atoms with Crippen molar-refractivity contribution in [1.82, 2.24) is 0 Å². The maximum atomic E-state index is 12.5. The summed E-state index contributed by atoms with van der Waals surface area (Å²) in [6, 6.07) is 1.18. The fourth-order valence-electron chi connectivity index (χ4n) is 5.11. The third-order valence-electron chi connectivity index (χ3n) is 5.64. The van der Waals surface area contributed by atoms with Crippen molar-refractivity contribution in [3.8, 4) is 0 Å². The molecule has 0 aromatic carbocycles. The molecule has 3 rings (SSSR count). The molecule has 0 unspecified atom stereocenters. The number of hydrogen-bond donors (Lipinski definition) is 0. The minimum Gasteiger partial charge on any atom is -0.465 e. The van der Waals surface area contributed by atoms with E-state index in [4.69, 9.17) is 4.74 Å². The van der Waals surface area contributed by atoms with Gasteiger partial charge in [0, 0.05) is 20.4 Å². The van der Waals surface area contributed by atoms with Crippen molar-refractivity contribution in [2.45, 2.75) is 57.8 Å². The van der Waals surface area contributed by atoms with Crippen LogP contribution < -0.4 is 0 Å². The van der Waals surface area contributed by atoms with E-state index < -0.39 is 13.5 Å². The lowest BCUT2D eigenvalue weighted by atomic mass is 9.41. The number of cyclic esters (lactones) is 1. The lowest BCUT2D eigenvalue weighted by molar-refractivity contribution is -0.195. The molecule has 4 atom stereocenters. The van der Waals surface area contributed by atoms with E-state index in [0.717, 1.165) is 25.7 Å². The van der Waals surface area contributed by atoms with Gasteiger partial charge in [-0.1, -0.05) is 25.7 Å². The number of ether oxygens (including phenoxy) is 1. The van der Waals surface area contributed by atoms with Crippen molar-refractivity contribution in [3.05, 3.63) is 0 Å². The van der Waals surface area contributed by atoms with Gasteiger partial charge in [0.15, 0.2) is 0 Å². The highest BCUT2D eigenvalue weighted by atomic mass is 28.3. The normalized spacial score (nSPS) is 41.0. The second-order valence-electron chi connectivity index (χ2n) is 8.15. The van der Waals surface area contributed by atoms with E-state index >= 15 is 0 Å². The Morgan fingerprint density at radius 2 is 2.00 bits per heavy atom. The highest BCUT2D eigenvalue weighted by molar-refractivity contribution is 6.76. The predicted octanol–water partition coefficient (Wildman–Crippen LogP) is 3.26. The third-order valence-corrected chi connectivity index (χ3v) is 7.34. The molecule has 4 heteroatoms. The molecule has 0 N–H and O–H groups in total. The van der Waals surface area contributed by atoms with Crippen LogP contribution in [0, 0.1) is 23.2 Å². The molecule has 1 spiro atoms. The Morgan fingerprint density at radius 3 is 2.70 bits per heavy atom. The van der Waals surface area contributed by atoms with Crippen LogP contribution in [0.4, 0.5) is 0 Å². The van der Waals surface area contributed by atoms with Gasteiger partial charge >= 0.3 is 5.97 Å². The van der Waals surface area contributed by atoms with Crippen LogP contribution in [0.25, 0.3) is 0 Å². The Bertz CT molecular complexity index is 439. The lowest BCUT2D eigenvalue weighted by Gasteiger charge is -2.61. The molecule has 0 radical (unpaired) electrons. The highest BCUT2D eigenvalue weighted by Crippen LogP contribution is 2.66. The first kappa shape index (κ1) is 14.3. The Morgan fingerprint density at radius 1 is 1.25 bits per heavy atom. The van der Waals surface area contributed by atoms with Crippen molar-refractivity contribution in [2.75, 3.05) is 6.61 Å². The highest BCUT2D eigenvalue weighted by Gasteiger charge is 2.69. The molecule has 3 fully saturated rings. The van der Waals surface area contributed by atoms with Crippen molar-refractivity contribution >= 4 is 19.8 Å². The molecule has 2 aliphatic carbocycles. The largest absolute Gasteiger partial charge is 0.465 e. The van der Waals surface area contributed by atoms with Crippen LogP contribution in [0.2, 0.25) is 25.7 Å². The smallest absolute Gasteiger partial charge is 0.313 e. The number of ketones is 1. The van der Waals surface area contributed by atoms with Gasteiger partial charge in [0.05, 0.1) is 12.0 Å². The molecule has 0 aromatic heterocycles. The molecule has 1 aliphatic heterocycles. The quantitative estimate of drug-likeness (QED) is 0.580. The summed E-state index contributed by atoms with van der Waals surface area (Å²) in [5.74, 6) is 1.15. The Labute approximate surface area is 122 Å². The van der Waals surface area contributed by atoms with E-state index in [1.54, 1.807) is 0 Å². The number of Topliss-reactive ketones (excluding diaryl/α,β-unsaturated/α-hetero) is 1. The van der Waals surface area contributed by atoms with E-state index in [9.17, 15) is 9.59 Å². The average Bonchev–Trinajstić information content (AvgIpc) is 2.45. The van der Waals surface area contributed by atoms with Crippen LogP contribution in [0.3, 0.4) is 0 Å². The Hall–Kier alpha value is -0.643. The summed E-state index contributed by atoms with van der Waals surface area (Å²) in [7, 11) is -1.22. The molecular weight excluding hydrogens is 268 g/mol. The molecule has 1 heterocycles. The first-order valence-corrected chi connectivity index (χ1v) is 11.8.